The van der Waals surface area contributed by atoms with Crippen LogP contribution >= 0.6 is 11.6 Å². The van der Waals surface area contributed by atoms with Gasteiger partial charge in [0.15, 0.2) is 10.9 Å². The molecule has 1 aliphatic rings. The molecule has 0 amide bonds. The second-order valence-electron chi connectivity index (χ2n) is 6.02. The first-order valence-corrected chi connectivity index (χ1v) is 8.13. The fourth-order valence-corrected chi connectivity index (χ4v) is 3.25. The molecule has 3 rings (SSSR count). The molecule has 3 N–H and O–H groups in total. The number of aromatic nitrogens is 2. The number of halogens is 1. The van der Waals surface area contributed by atoms with Gasteiger partial charge in [0.25, 0.3) is 0 Å². The van der Waals surface area contributed by atoms with Crippen molar-refractivity contribution in [2.45, 2.75) is 18.4 Å². The highest BCUT2D eigenvalue weighted by atomic mass is 35.5. The maximum atomic E-state index is 12.0. The zero-order chi connectivity index (χ0) is 18.0. The minimum absolute atomic E-state index is 0.0114. The Hall–Kier alpha value is -2.38. The predicted molar refractivity (Wildman–Crippen MR) is 91.4 cm³/mol. The van der Waals surface area contributed by atoms with Crippen LogP contribution in [0.3, 0.4) is 0 Å². The van der Waals surface area contributed by atoms with Crippen molar-refractivity contribution in [3.63, 3.8) is 0 Å². The molecule has 0 aliphatic heterocycles. The van der Waals surface area contributed by atoms with Crippen molar-refractivity contribution in [1.29, 1.82) is 0 Å². The standard InChI is InChI=1S/C17H18ClN3O4/c1-24-12-13(20-16(19)21-14(12)18)17(23)7-10(8-17)9-25-15(22)11-5-3-2-4-6-11/h2-6,10,23H,7-9H2,1H3,(H2,19,20,21). The summed E-state index contributed by atoms with van der Waals surface area (Å²) in [4.78, 5) is 19.8. The molecule has 25 heavy (non-hydrogen) atoms. The molecule has 0 saturated heterocycles. The number of rotatable bonds is 5. The lowest BCUT2D eigenvalue weighted by molar-refractivity contribution is -0.0998. The second-order valence-corrected chi connectivity index (χ2v) is 6.38. The van der Waals surface area contributed by atoms with Crippen molar-refractivity contribution in [3.05, 3.63) is 46.7 Å². The number of carbonyl (C=O) groups is 1. The molecule has 0 radical (unpaired) electrons. The van der Waals surface area contributed by atoms with Crippen molar-refractivity contribution >= 4 is 23.5 Å². The highest BCUT2D eigenvalue weighted by Crippen LogP contribution is 2.49. The Morgan fingerprint density at radius 3 is 2.68 bits per heavy atom. The van der Waals surface area contributed by atoms with Crippen molar-refractivity contribution in [1.82, 2.24) is 9.97 Å². The Morgan fingerprint density at radius 2 is 2.04 bits per heavy atom. The first-order chi connectivity index (χ1) is 11.9. The summed E-state index contributed by atoms with van der Waals surface area (Å²) >= 11 is 5.99. The van der Waals surface area contributed by atoms with E-state index in [2.05, 4.69) is 9.97 Å². The topological polar surface area (TPSA) is 108 Å². The van der Waals surface area contributed by atoms with E-state index in [4.69, 9.17) is 26.8 Å². The lowest BCUT2D eigenvalue weighted by Gasteiger charge is -2.43. The average Bonchev–Trinajstić information content (AvgIpc) is 2.57. The summed E-state index contributed by atoms with van der Waals surface area (Å²) < 4.78 is 10.5. The zero-order valence-electron chi connectivity index (χ0n) is 13.6. The molecule has 0 unspecified atom stereocenters. The number of ether oxygens (including phenoxy) is 2. The number of nitrogens with two attached hydrogens (primary N) is 1. The van der Waals surface area contributed by atoms with E-state index in [9.17, 15) is 9.90 Å². The van der Waals surface area contributed by atoms with Crippen molar-refractivity contribution in [2.75, 3.05) is 19.5 Å². The van der Waals surface area contributed by atoms with Gasteiger partial charge < -0.3 is 20.3 Å². The largest absolute Gasteiger partial charge is 0.492 e. The number of nitrogens with zero attached hydrogens (tertiary/aromatic N) is 2. The van der Waals surface area contributed by atoms with Gasteiger partial charge in [-0.3, -0.25) is 0 Å². The fourth-order valence-electron chi connectivity index (χ4n) is 2.99. The monoisotopic (exact) mass is 363 g/mol. The summed E-state index contributed by atoms with van der Waals surface area (Å²) in [5.74, 6) is -0.202. The Labute approximate surface area is 149 Å². The van der Waals surface area contributed by atoms with E-state index < -0.39 is 5.60 Å². The van der Waals surface area contributed by atoms with Crippen molar-refractivity contribution in [3.8, 4) is 5.75 Å². The number of esters is 1. The lowest BCUT2D eigenvalue weighted by atomic mass is 9.69. The first-order valence-electron chi connectivity index (χ1n) is 7.75. The van der Waals surface area contributed by atoms with Gasteiger partial charge in [0.05, 0.1) is 19.3 Å². The number of nitrogen functional groups attached to an aromatic ring is 1. The molecular formula is C17H18ClN3O4. The summed E-state index contributed by atoms with van der Waals surface area (Å²) in [6.07, 6.45) is 0.719. The van der Waals surface area contributed by atoms with Crippen LogP contribution in [0.15, 0.2) is 30.3 Å². The van der Waals surface area contributed by atoms with E-state index in [1.165, 1.54) is 7.11 Å². The quantitative estimate of drug-likeness (QED) is 0.619. The van der Waals surface area contributed by atoms with Crippen LogP contribution in [-0.4, -0.2) is 34.8 Å². The highest BCUT2D eigenvalue weighted by Gasteiger charge is 2.48. The maximum Gasteiger partial charge on any atom is 0.338 e. The molecule has 7 nitrogen and oxygen atoms in total. The number of benzene rings is 1. The van der Waals surface area contributed by atoms with Gasteiger partial charge in [-0.05, 0) is 30.9 Å². The van der Waals surface area contributed by atoms with Crippen LogP contribution in [0.25, 0.3) is 0 Å². The summed E-state index contributed by atoms with van der Waals surface area (Å²) in [5.41, 5.74) is 5.14. The third-order valence-corrected chi connectivity index (χ3v) is 4.45. The smallest absolute Gasteiger partial charge is 0.338 e. The van der Waals surface area contributed by atoms with E-state index in [1.54, 1.807) is 24.3 Å². The molecule has 1 aromatic heterocycles. The average molecular weight is 364 g/mol. The first kappa shape index (κ1) is 17.4. The zero-order valence-corrected chi connectivity index (χ0v) is 14.4. The summed E-state index contributed by atoms with van der Waals surface area (Å²) in [6.45, 7) is 0.215. The van der Waals surface area contributed by atoms with Gasteiger partial charge >= 0.3 is 5.97 Å². The number of hydrogen-bond donors (Lipinski definition) is 2. The predicted octanol–water partition coefficient (Wildman–Crippen LogP) is 2.18. The van der Waals surface area contributed by atoms with Gasteiger partial charge in [0, 0.05) is 0 Å². The van der Waals surface area contributed by atoms with Gasteiger partial charge in [0.1, 0.15) is 11.3 Å². The molecule has 1 heterocycles. The van der Waals surface area contributed by atoms with E-state index in [0.717, 1.165) is 0 Å². The van der Waals surface area contributed by atoms with E-state index >= 15 is 0 Å². The Morgan fingerprint density at radius 1 is 1.36 bits per heavy atom. The highest BCUT2D eigenvalue weighted by molar-refractivity contribution is 6.31. The van der Waals surface area contributed by atoms with E-state index in [1.807, 2.05) is 6.07 Å². The summed E-state index contributed by atoms with van der Waals surface area (Å²) in [5, 5.41) is 10.8. The Bertz CT molecular complexity index is 779. The summed E-state index contributed by atoms with van der Waals surface area (Å²) in [7, 11) is 1.42. The molecule has 1 fully saturated rings. The lowest BCUT2D eigenvalue weighted by Crippen LogP contribution is -2.44. The molecule has 1 aliphatic carbocycles. The van der Waals surface area contributed by atoms with Crippen LogP contribution in [0, 0.1) is 5.92 Å². The van der Waals surface area contributed by atoms with Gasteiger partial charge in [-0.2, -0.15) is 4.98 Å². The number of aliphatic hydroxyl groups is 1. The molecule has 1 saturated carbocycles. The molecule has 0 spiro atoms. The molecule has 0 bridgehead atoms. The minimum Gasteiger partial charge on any atom is -0.492 e. The number of methoxy groups -OCH3 is 1. The molecule has 8 heteroatoms. The van der Waals surface area contributed by atoms with Crippen LogP contribution in [-0.2, 0) is 10.3 Å². The van der Waals surface area contributed by atoms with Gasteiger partial charge in [-0.15, -0.1) is 0 Å². The second kappa shape index (κ2) is 6.85. The molecule has 2 aromatic rings. The normalized spacial score (nSPS) is 22.1. The molecule has 132 valence electrons. The van der Waals surface area contributed by atoms with Crippen molar-refractivity contribution in [2.24, 2.45) is 5.92 Å². The molecule has 1 aromatic carbocycles. The molecule has 0 atom stereocenters. The van der Waals surface area contributed by atoms with Gasteiger partial charge in [-0.25, -0.2) is 9.78 Å². The van der Waals surface area contributed by atoms with Crippen LogP contribution in [0.2, 0.25) is 5.15 Å². The molecular weight excluding hydrogens is 346 g/mol. The Kier molecular flexibility index (Phi) is 4.78. The van der Waals surface area contributed by atoms with Crippen molar-refractivity contribution < 1.29 is 19.4 Å². The third-order valence-electron chi connectivity index (χ3n) is 4.20. The number of carbonyl (C=O) groups excluding carboxylic acids is 1. The number of hydrogen-bond acceptors (Lipinski definition) is 7. The third kappa shape index (κ3) is 3.52. The van der Waals surface area contributed by atoms with Crippen LogP contribution in [0.4, 0.5) is 5.95 Å². The summed E-state index contributed by atoms with van der Waals surface area (Å²) in [6, 6.07) is 8.75. The Balaban J connectivity index is 1.63. The number of anilines is 1. The van der Waals surface area contributed by atoms with Gasteiger partial charge in [-0.1, -0.05) is 29.8 Å². The van der Waals surface area contributed by atoms with Crippen LogP contribution < -0.4 is 10.5 Å². The van der Waals surface area contributed by atoms with Crippen LogP contribution in [0.5, 0.6) is 5.75 Å². The SMILES string of the molecule is COc1c(Cl)nc(N)nc1C1(O)CC(COC(=O)c2ccccc2)C1. The maximum absolute atomic E-state index is 12.0. The minimum atomic E-state index is -1.23. The van der Waals surface area contributed by atoms with Crippen LogP contribution in [0.1, 0.15) is 28.9 Å². The van der Waals surface area contributed by atoms with E-state index in [-0.39, 0.29) is 41.0 Å². The van der Waals surface area contributed by atoms with Gasteiger partial charge in [0.2, 0.25) is 5.95 Å². The van der Waals surface area contributed by atoms with E-state index in [0.29, 0.717) is 18.4 Å². The fraction of sp³-hybridized carbons (Fsp3) is 0.353.